The lowest BCUT2D eigenvalue weighted by Crippen LogP contribution is -2.33. The van der Waals surface area contributed by atoms with Crippen LogP contribution in [0.5, 0.6) is 23.0 Å². The van der Waals surface area contributed by atoms with Crippen LogP contribution in [0.2, 0.25) is 5.02 Å². The van der Waals surface area contributed by atoms with Gasteiger partial charge in [0.15, 0.2) is 17.6 Å². The third-order valence-electron chi connectivity index (χ3n) is 4.66. The molecule has 0 unspecified atom stereocenters. The number of hydrazone groups is 1. The van der Waals surface area contributed by atoms with Crippen molar-refractivity contribution < 1.29 is 28.5 Å². The number of hydrogen-bond acceptors (Lipinski definition) is 7. The van der Waals surface area contributed by atoms with Gasteiger partial charge in [0.25, 0.3) is 5.91 Å². The zero-order valence-corrected chi connectivity index (χ0v) is 20.2. The zero-order chi connectivity index (χ0) is 25.2. The Balaban J connectivity index is 1.59. The molecule has 1 N–H and O–H groups in total. The molecule has 9 heteroatoms. The van der Waals surface area contributed by atoms with Crippen molar-refractivity contribution >= 4 is 29.7 Å². The van der Waals surface area contributed by atoms with Gasteiger partial charge in [-0.2, -0.15) is 5.10 Å². The van der Waals surface area contributed by atoms with Gasteiger partial charge < -0.3 is 18.9 Å². The third kappa shape index (κ3) is 7.48. The van der Waals surface area contributed by atoms with Crippen LogP contribution >= 0.6 is 11.6 Å². The van der Waals surface area contributed by atoms with E-state index in [1.54, 1.807) is 73.7 Å². The van der Waals surface area contributed by atoms with E-state index in [0.29, 0.717) is 40.0 Å². The van der Waals surface area contributed by atoms with E-state index in [1.807, 2.05) is 6.92 Å². The second-order valence-corrected chi connectivity index (χ2v) is 7.65. The van der Waals surface area contributed by atoms with Crippen molar-refractivity contribution in [2.24, 2.45) is 5.10 Å². The lowest BCUT2D eigenvalue weighted by molar-refractivity contribution is -0.127. The van der Waals surface area contributed by atoms with Gasteiger partial charge in [-0.15, -0.1) is 0 Å². The van der Waals surface area contributed by atoms with Crippen LogP contribution in [0.15, 0.2) is 71.8 Å². The van der Waals surface area contributed by atoms with E-state index in [2.05, 4.69) is 10.5 Å². The molecule has 0 radical (unpaired) electrons. The standard InChI is InChI=1S/C26H25ClN2O6/c1-4-33-21-11-9-19(10-12-21)26(31)35-23-13-8-18(14-24(23)32-3)16-28-29-25(30)17(2)34-22-7-5-6-20(27)15-22/h5-17H,4H2,1-3H3,(H,29,30)/b28-16-/t17-/m0/s1. The van der Waals surface area contributed by atoms with Crippen molar-refractivity contribution in [3.8, 4) is 23.0 Å². The highest BCUT2D eigenvalue weighted by molar-refractivity contribution is 6.30. The normalized spacial score (nSPS) is 11.5. The maximum Gasteiger partial charge on any atom is 0.343 e. The Bertz CT molecular complexity index is 1200. The minimum atomic E-state index is -0.787. The van der Waals surface area contributed by atoms with E-state index >= 15 is 0 Å². The molecule has 3 aromatic rings. The Labute approximate surface area is 208 Å². The summed E-state index contributed by atoms with van der Waals surface area (Å²) >= 11 is 5.92. The number of hydrogen-bond donors (Lipinski definition) is 1. The quantitative estimate of drug-likeness (QED) is 0.186. The fourth-order valence-electron chi connectivity index (χ4n) is 2.92. The molecule has 0 aliphatic carbocycles. The Morgan fingerprint density at radius 1 is 1.03 bits per heavy atom. The number of carbonyl (C=O) groups is 2. The molecule has 8 nitrogen and oxygen atoms in total. The van der Waals surface area contributed by atoms with Crippen LogP contribution in [0.3, 0.4) is 0 Å². The Kier molecular flexibility index (Phi) is 9.09. The van der Waals surface area contributed by atoms with Crippen LogP contribution in [-0.2, 0) is 4.79 Å². The van der Waals surface area contributed by atoms with Crippen molar-refractivity contribution in [2.75, 3.05) is 13.7 Å². The topological polar surface area (TPSA) is 95.5 Å². The number of nitrogens with one attached hydrogen (secondary N) is 1. The lowest BCUT2D eigenvalue weighted by atomic mass is 10.2. The summed E-state index contributed by atoms with van der Waals surface area (Å²) in [7, 11) is 1.46. The predicted octanol–water partition coefficient (Wildman–Crippen LogP) is 4.88. The average Bonchev–Trinajstić information content (AvgIpc) is 2.85. The number of esters is 1. The van der Waals surface area contributed by atoms with Gasteiger partial charge in [0.05, 0.1) is 25.5 Å². The highest BCUT2D eigenvalue weighted by atomic mass is 35.5. The van der Waals surface area contributed by atoms with Gasteiger partial charge in [0.1, 0.15) is 11.5 Å². The van der Waals surface area contributed by atoms with E-state index in [1.165, 1.54) is 13.3 Å². The molecule has 0 heterocycles. The molecule has 3 rings (SSSR count). The van der Waals surface area contributed by atoms with Crippen LogP contribution in [0.1, 0.15) is 29.8 Å². The zero-order valence-electron chi connectivity index (χ0n) is 19.5. The Morgan fingerprint density at radius 2 is 1.80 bits per heavy atom. The van der Waals surface area contributed by atoms with Gasteiger partial charge in [-0.1, -0.05) is 17.7 Å². The van der Waals surface area contributed by atoms with Gasteiger partial charge in [-0.3, -0.25) is 4.79 Å². The maximum absolute atomic E-state index is 12.5. The smallest absolute Gasteiger partial charge is 0.343 e. The van der Waals surface area contributed by atoms with Crippen molar-refractivity contribution in [1.29, 1.82) is 0 Å². The number of ether oxygens (including phenoxy) is 4. The number of halogens is 1. The summed E-state index contributed by atoms with van der Waals surface area (Å²) in [6.45, 7) is 4.02. The van der Waals surface area contributed by atoms with Crippen LogP contribution in [-0.4, -0.2) is 37.9 Å². The number of methoxy groups -OCH3 is 1. The van der Waals surface area contributed by atoms with E-state index in [4.69, 9.17) is 30.5 Å². The second kappa shape index (κ2) is 12.4. The van der Waals surface area contributed by atoms with Crippen LogP contribution in [0, 0.1) is 0 Å². The summed E-state index contributed by atoms with van der Waals surface area (Å²) in [6.07, 6.45) is 0.648. The molecular formula is C26H25ClN2O6. The van der Waals surface area contributed by atoms with Crippen molar-refractivity contribution in [1.82, 2.24) is 5.43 Å². The van der Waals surface area contributed by atoms with Crippen molar-refractivity contribution in [2.45, 2.75) is 20.0 Å². The van der Waals surface area contributed by atoms with E-state index < -0.39 is 18.0 Å². The number of benzene rings is 3. The van der Waals surface area contributed by atoms with Gasteiger partial charge in [-0.25, -0.2) is 10.2 Å². The third-order valence-corrected chi connectivity index (χ3v) is 4.89. The average molecular weight is 497 g/mol. The summed E-state index contributed by atoms with van der Waals surface area (Å²) in [6, 6.07) is 18.3. The molecule has 1 atom stereocenters. The maximum atomic E-state index is 12.5. The fraction of sp³-hybridized carbons (Fsp3) is 0.192. The summed E-state index contributed by atoms with van der Waals surface area (Å²) in [5.74, 6) is 0.753. The Hall–Kier alpha value is -4.04. The molecule has 0 spiro atoms. The molecule has 182 valence electrons. The highest BCUT2D eigenvalue weighted by Gasteiger charge is 2.15. The predicted molar refractivity (Wildman–Crippen MR) is 133 cm³/mol. The molecule has 0 bridgehead atoms. The van der Waals surface area contributed by atoms with Crippen molar-refractivity contribution in [3.63, 3.8) is 0 Å². The van der Waals surface area contributed by atoms with E-state index in [0.717, 1.165) is 0 Å². The monoisotopic (exact) mass is 496 g/mol. The number of rotatable bonds is 10. The summed E-state index contributed by atoms with van der Waals surface area (Å²) in [5, 5.41) is 4.46. The molecule has 0 saturated heterocycles. The molecular weight excluding hydrogens is 472 g/mol. The van der Waals surface area contributed by atoms with Crippen LogP contribution in [0.4, 0.5) is 0 Å². The lowest BCUT2D eigenvalue weighted by Gasteiger charge is -2.13. The molecule has 0 saturated carbocycles. The van der Waals surface area contributed by atoms with Gasteiger partial charge in [-0.05, 0) is 80.1 Å². The first kappa shape index (κ1) is 25.6. The Morgan fingerprint density at radius 3 is 2.49 bits per heavy atom. The minimum absolute atomic E-state index is 0.246. The molecule has 0 aliphatic rings. The van der Waals surface area contributed by atoms with Gasteiger partial charge in [0.2, 0.25) is 0 Å². The number of nitrogens with zero attached hydrogens (tertiary/aromatic N) is 1. The number of amides is 1. The highest BCUT2D eigenvalue weighted by Crippen LogP contribution is 2.28. The molecule has 0 aliphatic heterocycles. The second-order valence-electron chi connectivity index (χ2n) is 7.21. The summed E-state index contributed by atoms with van der Waals surface area (Å²) in [5.41, 5.74) is 3.41. The molecule has 1 amide bonds. The van der Waals surface area contributed by atoms with Crippen LogP contribution in [0.25, 0.3) is 0 Å². The first-order valence-corrected chi connectivity index (χ1v) is 11.2. The molecule has 0 fully saturated rings. The van der Waals surface area contributed by atoms with Crippen molar-refractivity contribution in [3.05, 3.63) is 82.9 Å². The minimum Gasteiger partial charge on any atom is -0.494 e. The first-order chi connectivity index (χ1) is 16.9. The largest absolute Gasteiger partial charge is 0.494 e. The van der Waals surface area contributed by atoms with E-state index in [9.17, 15) is 9.59 Å². The SMILES string of the molecule is CCOc1ccc(C(=O)Oc2ccc(/C=N\NC(=O)[C@H](C)Oc3cccc(Cl)c3)cc2OC)cc1. The number of carbonyl (C=O) groups excluding carboxylic acids is 2. The summed E-state index contributed by atoms with van der Waals surface area (Å²) in [4.78, 5) is 24.7. The van der Waals surface area contributed by atoms with E-state index in [-0.39, 0.29) is 5.75 Å². The van der Waals surface area contributed by atoms with Gasteiger partial charge in [0, 0.05) is 5.02 Å². The van der Waals surface area contributed by atoms with Gasteiger partial charge >= 0.3 is 5.97 Å². The molecule has 0 aromatic heterocycles. The molecule has 35 heavy (non-hydrogen) atoms. The summed E-state index contributed by atoms with van der Waals surface area (Å²) < 4.78 is 21.7. The van der Waals surface area contributed by atoms with Crippen LogP contribution < -0.4 is 24.4 Å². The molecule has 3 aromatic carbocycles. The first-order valence-electron chi connectivity index (χ1n) is 10.8. The fourth-order valence-corrected chi connectivity index (χ4v) is 3.10.